The first-order valence-electron chi connectivity index (χ1n) is 10.3. The van der Waals surface area contributed by atoms with Gasteiger partial charge in [-0.2, -0.15) is 0 Å². The summed E-state index contributed by atoms with van der Waals surface area (Å²) in [5.74, 6) is -7.51. The van der Waals surface area contributed by atoms with Crippen LogP contribution >= 0.6 is 0 Å². The molecule has 5 atom stereocenters. The van der Waals surface area contributed by atoms with E-state index in [0.717, 1.165) is 6.92 Å². The number of carboxylic acids is 3. The first-order valence-corrected chi connectivity index (χ1v) is 10.3. The highest BCUT2D eigenvalue weighted by atomic mass is 16.4. The molecule has 16 heteroatoms. The summed E-state index contributed by atoms with van der Waals surface area (Å²) in [6, 6.07) is -6.25. The van der Waals surface area contributed by atoms with Gasteiger partial charge in [-0.25, -0.2) is 9.78 Å². The van der Waals surface area contributed by atoms with E-state index in [1.54, 1.807) is 0 Å². The molecule has 0 saturated heterocycles. The number of aromatic amines is 1. The molecule has 0 spiro atoms. The third kappa shape index (κ3) is 10.2. The molecule has 0 saturated carbocycles. The van der Waals surface area contributed by atoms with E-state index >= 15 is 0 Å². The molecule has 0 aromatic carbocycles. The molecule has 5 unspecified atom stereocenters. The standard InChI is InChI=1S/C19H28N6O10/c1-8(26)15(18(33)23-11(19(34)35)2-3-13(27)28)25-17(32)12(5-14(29)30)24-16(31)10(20)4-9-6-21-7-22-9/h6-8,10-12,15,26H,2-5,20H2,1H3,(H,21,22)(H,23,33)(H,24,31)(H,25,32)(H,27,28)(H,29,30)(H,34,35). The third-order valence-corrected chi connectivity index (χ3v) is 4.67. The minimum Gasteiger partial charge on any atom is -0.481 e. The van der Waals surface area contributed by atoms with Gasteiger partial charge < -0.3 is 47.1 Å². The lowest BCUT2D eigenvalue weighted by Gasteiger charge is -2.26. The number of carboxylic acid groups (broad SMARTS) is 3. The topological polar surface area (TPSA) is 274 Å². The monoisotopic (exact) mass is 500 g/mol. The first-order chi connectivity index (χ1) is 16.3. The van der Waals surface area contributed by atoms with Crippen LogP contribution in [0, 0.1) is 0 Å². The van der Waals surface area contributed by atoms with Gasteiger partial charge in [0.1, 0.15) is 18.1 Å². The zero-order valence-electron chi connectivity index (χ0n) is 18.6. The fourth-order valence-corrected chi connectivity index (χ4v) is 2.83. The highest BCUT2D eigenvalue weighted by Gasteiger charge is 2.33. The van der Waals surface area contributed by atoms with Crippen molar-refractivity contribution in [3.8, 4) is 0 Å². The van der Waals surface area contributed by atoms with Gasteiger partial charge in [-0.3, -0.25) is 24.0 Å². The molecule has 0 bridgehead atoms. The van der Waals surface area contributed by atoms with Gasteiger partial charge in [-0.1, -0.05) is 0 Å². The van der Waals surface area contributed by atoms with E-state index in [1.807, 2.05) is 5.32 Å². The molecular formula is C19H28N6O10. The summed E-state index contributed by atoms with van der Waals surface area (Å²) in [7, 11) is 0. The molecule has 0 aliphatic heterocycles. The van der Waals surface area contributed by atoms with Gasteiger partial charge in [0.05, 0.1) is 24.9 Å². The first kappa shape index (κ1) is 29.0. The maximum atomic E-state index is 12.7. The number of aliphatic hydroxyl groups is 1. The van der Waals surface area contributed by atoms with Crippen LogP contribution < -0.4 is 21.7 Å². The molecule has 35 heavy (non-hydrogen) atoms. The molecule has 10 N–H and O–H groups in total. The Bertz CT molecular complexity index is 919. The third-order valence-electron chi connectivity index (χ3n) is 4.67. The number of nitrogens with zero attached hydrogens (tertiary/aromatic N) is 1. The quantitative estimate of drug-likeness (QED) is 0.114. The lowest BCUT2D eigenvalue weighted by atomic mass is 10.1. The summed E-state index contributed by atoms with van der Waals surface area (Å²) in [6.45, 7) is 1.10. The summed E-state index contributed by atoms with van der Waals surface area (Å²) in [5, 5.41) is 43.2. The number of aliphatic hydroxyl groups excluding tert-OH is 1. The molecular weight excluding hydrogens is 472 g/mol. The van der Waals surface area contributed by atoms with Crippen LogP contribution in [0.2, 0.25) is 0 Å². The molecule has 0 radical (unpaired) electrons. The van der Waals surface area contributed by atoms with Gasteiger partial charge >= 0.3 is 17.9 Å². The van der Waals surface area contributed by atoms with Crippen molar-refractivity contribution in [3.63, 3.8) is 0 Å². The molecule has 194 valence electrons. The number of amides is 3. The van der Waals surface area contributed by atoms with Gasteiger partial charge in [0.15, 0.2) is 0 Å². The summed E-state index contributed by atoms with van der Waals surface area (Å²) in [5.41, 5.74) is 6.29. The normalized spacial score (nSPS) is 15.1. The molecule has 1 aromatic rings. The predicted octanol–water partition coefficient (Wildman–Crippen LogP) is -3.46. The number of aromatic nitrogens is 2. The SMILES string of the molecule is CC(O)C(NC(=O)C(CC(=O)O)NC(=O)C(N)Cc1cnc[nH]1)C(=O)NC(CCC(=O)O)C(=O)O. The molecule has 0 aliphatic carbocycles. The van der Waals surface area contributed by atoms with E-state index in [4.69, 9.17) is 15.9 Å². The van der Waals surface area contributed by atoms with E-state index in [0.29, 0.717) is 5.69 Å². The van der Waals surface area contributed by atoms with Crippen LogP contribution in [0.15, 0.2) is 12.5 Å². The number of hydrogen-bond donors (Lipinski definition) is 9. The van der Waals surface area contributed by atoms with Crippen LogP contribution in [-0.4, -0.2) is 96.3 Å². The van der Waals surface area contributed by atoms with Crippen LogP contribution in [0.4, 0.5) is 0 Å². The van der Waals surface area contributed by atoms with Crippen molar-refractivity contribution in [1.82, 2.24) is 25.9 Å². The molecule has 1 heterocycles. The summed E-state index contributed by atoms with van der Waals surface area (Å²) in [6.07, 6.45) is -0.731. The van der Waals surface area contributed by atoms with Crippen molar-refractivity contribution in [2.24, 2.45) is 5.73 Å². The molecule has 0 aliphatic rings. The van der Waals surface area contributed by atoms with Crippen molar-refractivity contribution >= 4 is 35.6 Å². The Kier molecular flexibility index (Phi) is 11.3. The van der Waals surface area contributed by atoms with Gasteiger partial charge in [0.25, 0.3) is 0 Å². The number of rotatable bonds is 15. The lowest BCUT2D eigenvalue weighted by molar-refractivity contribution is -0.145. The summed E-state index contributed by atoms with van der Waals surface area (Å²) >= 11 is 0. The maximum absolute atomic E-state index is 12.7. The smallest absolute Gasteiger partial charge is 0.326 e. The van der Waals surface area contributed by atoms with Gasteiger partial charge in [0.2, 0.25) is 17.7 Å². The Morgan fingerprint density at radius 1 is 0.971 bits per heavy atom. The van der Waals surface area contributed by atoms with Crippen LogP contribution in [0.25, 0.3) is 0 Å². The van der Waals surface area contributed by atoms with Gasteiger partial charge in [-0.15, -0.1) is 0 Å². The van der Waals surface area contributed by atoms with Crippen LogP contribution in [0.3, 0.4) is 0 Å². The van der Waals surface area contributed by atoms with E-state index < -0.39 is 85.2 Å². The lowest BCUT2D eigenvalue weighted by Crippen LogP contribution is -2.60. The number of aliphatic carboxylic acids is 3. The Morgan fingerprint density at radius 3 is 2.09 bits per heavy atom. The second-order valence-corrected chi connectivity index (χ2v) is 7.61. The Labute approximate surface area is 198 Å². The fourth-order valence-electron chi connectivity index (χ4n) is 2.83. The second kappa shape index (κ2) is 13.6. The van der Waals surface area contributed by atoms with Crippen molar-refractivity contribution < 1.29 is 49.2 Å². The minimum absolute atomic E-state index is 0.00112. The molecule has 16 nitrogen and oxygen atoms in total. The Morgan fingerprint density at radius 2 is 1.60 bits per heavy atom. The molecule has 1 rings (SSSR count). The summed E-state index contributed by atoms with van der Waals surface area (Å²) in [4.78, 5) is 77.3. The maximum Gasteiger partial charge on any atom is 0.326 e. The highest BCUT2D eigenvalue weighted by Crippen LogP contribution is 2.04. The van der Waals surface area contributed by atoms with Crippen molar-refractivity contribution in [3.05, 3.63) is 18.2 Å². The van der Waals surface area contributed by atoms with Crippen LogP contribution in [-0.2, 0) is 35.2 Å². The van der Waals surface area contributed by atoms with Crippen molar-refractivity contribution in [1.29, 1.82) is 0 Å². The second-order valence-electron chi connectivity index (χ2n) is 7.61. The van der Waals surface area contributed by atoms with E-state index in [2.05, 4.69) is 20.6 Å². The Balaban J connectivity index is 2.91. The largest absolute Gasteiger partial charge is 0.481 e. The number of imidazole rings is 1. The number of carbonyl (C=O) groups excluding carboxylic acids is 3. The number of carbonyl (C=O) groups is 6. The number of nitrogens with one attached hydrogen (secondary N) is 4. The average molecular weight is 500 g/mol. The number of hydrogen-bond acceptors (Lipinski definition) is 9. The number of nitrogens with two attached hydrogens (primary N) is 1. The molecule has 1 aromatic heterocycles. The fraction of sp³-hybridized carbons (Fsp3) is 0.526. The zero-order chi connectivity index (χ0) is 26.7. The van der Waals surface area contributed by atoms with Gasteiger partial charge in [-0.05, 0) is 13.3 Å². The van der Waals surface area contributed by atoms with Crippen LogP contribution in [0.1, 0.15) is 31.9 Å². The van der Waals surface area contributed by atoms with Crippen molar-refractivity contribution in [2.45, 2.75) is 62.9 Å². The van der Waals surface area contributed by atoms with E-state index in [-0.39, 0.29) is 6.42 Å². The van der Waals surface area contributed by atoms with Gasteiger partial charge in [0, 0.05) is 24.7 Å². The van der Waals surface area contributed by atoms with E-state index in [1.165, 1.54) is 12.5 Å². The van der Waals surface area contributed by atoms with Crippen LogP contribution in [0.5, 0.6) is 0 Å². The molecule has 0 fully saturated rings. The molecule has 3 amide bonds. The Hall–Kier alpha value is -4.05. The van der Waals surface area contributed by atoms with Crippen molar-refractivity contribution in [2.75, 3.05) is 0 Å². The zero-order valence-corrected chi connectivity index (χ0v) is 18.6. The predicted molar refractivity (Wildman–Crippen MR) is 114 cm³/mol. The summed E-state index contributed by atoms with van der Waals surface area (Å²) < 4.78 is 0. The number of H-pyrrole nitrogens is 1. The minimum atomic E-state index is -1.75. The van der Waals surface area contributed by atoms with E-state index in [9.17, 15) is 39.0 Å². The average Bonchev–Trinajstić information content (AvgIpc) is 3.26. The highest BCUT2D eigenvalue weighted by molar-refractivity contribution is 5.96.